The highest BCUT2D eigenvalue weighted by molar-refractivity contribution is 7.15. The summed E-state index contributed by atoms with van der Waals surface area (Å²) in [6, 6.07) is 6.95. The summed E-state index contributed by atoms with van der Waals surface area (Å²) >= 11 is 1.54. The van der Waals surface area contributed by atoms with Crippen LogP contribution >= 0.6 is 11.3 Å². The van der Waals surface area contributed by atoms with Crippen molar-refractivity contribution in [1.82, 2.24) is 15.2 Å². The van der Waals surface area contributed by atoms with Crippen molar-refractivity contribution in [2.45, 2.75) is 32.1 Å². The average Bonchev–Trinajstić information content (AvgIpc) is 2.83. The van der Waals surface area contributed by atoms with E-state index in [4.69, 9.17) is 0 Å². The predicted molar refractivity (Wildman–Crippen MR) is 93.7 cm³/mol. The number of thiazole rings is 1. The number of H-pyrrole nitrogens is 1. The van der Waals surface area contributed by atoms with Crippen LogP contribution in [-0.4, -0.2) is 21.1 Å². The predicted octanol–water partition coefficient (Wildman–Crippen LogP) is 2.90. The Hall–Kier alpha value is -2.54. The fourth-order valence-corrected chi connectivity index (χ4v) is 4.07. The first kappa shape index (κ1) is 15.0. The van der Waals surface area contributed by atoms with Crippen molar-refractivity contribution in [3.8, 4) is 0 Å². The van der Waals surface area contributed by atoms with Gasteiger partial charge in [0.25, 0.3) is 11.5 Å². The third kappa shape index (κ3) is 2.71. The van der Waals surface area contributed by atoms with E-state index in [-0.39, 0.29) is 17.2 Å². The summed E-state index contributed by atoms with van der Waals surface area (Å²) in [5, 5.41) is 10.7. The highest BCUT2D eigenvalue weighted by atomic mass is 32.1. The summed E-state index contributed by atoms with van der Waals surface area (Å²) in [6.45, 7) is 0. The van der Waals surface area contributed by atoms with Crippen LogP contribution in [-0.2, 0) is 12.8 Å². The van der Waals surface area contributed by atoms with E-state index in [9.17, 15) is 9.59 Å². The molecule has 0 fully saturated rings. The summed E-state index contributed by atoms with van der Waals surface area (Å²) < 4.78 is 0. The van der Waals surface area contributed by atoms with Crippen molar-refractivity contribution in [1.29, 1.82) is 0 Å². The van der Waals surface area contributed by atoms with Crippen LogP contribution in [0, 0.1) is 0 Å². The molecule has 24 heavy (non-hydrogen) atoms. The van der Waals surface area contributed by atoms with Gasteiger partial charge in [0.1, 0.15) is 0 Å². The molecule has 0 spiro atoms. The lowest BCUT2D eigenvalue weighted by molar-refractivity contribution is 0.102. The zero-order chi connectivity index (χ0) is 16.5. The van der Waals surface area contributed by atoms with Gasteiger partial charge in [0.05, 0.1) is 11.1 Å². The Balaban J connectivity index is 1.66. The van der Waals surface area contributed by atoms with Crippen molar-refractivity contribution in [2.75, 3.05) is 5.32 Å². The number of aryl methyl sites for hydroxylation is 2. The summed E-state index contributed by atoms with van der Waals surface area (Å²) in [5.74, 6) is -0.355. The van der Waals surface area contributed by atoms with Crippen LogP contribution in [0.15, 0.2) is 29.1 Å². The van der Waals surface area contributed by atoms with E-state index < -0.39 is 0 Å². The Morgan fingerprint density at radius 2 is 1.92 bits per heavy atom. The standard InChI is InChI=1S/C17H16N4O2S/c22-15-11-7-5-4-6-10(11)14(20-21-15)16(23)19-17-18-12-8-2-1-3-9-13(12)24-17/h4-7H,1-3,8-9H2,(H,21,22)(H,18,19,23). The van der Waals surface area contributed by atoms with Crippen LogP contribution in [0.4, 0.5) is 5.13 Å². The SMILES string of the molecule is O=C(Nc1nc2c(s1)CCCCC2)c1n[nH]c(=O)c2ccccc12. The molecular weight excluding hydrogens is 324 g/mol. The van der Waals surface area contributed by atoms with Gasteiger partial charge in [-0.15, -0.1) is 11.3 Å². The summed E-state index contributed by atoms with van der Waals surface area (Å²) in [4.78, 5) is 30.2. The Morgan fingerprint density at radius 3 is 2.79 bits per heavy atom. The highest BCUT2D eigenvalue weighted by Gasteiger charge is 2.18. The van der Waals surface area contributed by atoms with E-state index in [0.29, 0.717) is 15.9 Å². The van der Waals surface area contributed by atoms with Gasteiger partial charge in [-0.25, -0.2) is 10.1 Å². The lowest BCUT2D eigenvalue weighted by Crippen LogP contribution is -2.19. The number of benzene rings is 1. The second-order valence-electron chi connectivity index (χ2n) is 5.85. The smallest absolute Gasteiger partial charge is 0.278 e. The number of anilines is 1. The van der Waals surface area contributed by atoms with Crippen molar-refractivity contribution in [3.63, 3.8) is 0 Å². The number of aromatic nitrogens is 3. The Labute approximate surface area is 141 Å². The molecule has 0 saturated carbocycles. The van der Waals surface area contributed by atoms with E-state index in [1.165, 1.54) is 29.1 Å². The number of rotatable bonds is 2. The molecule has 122 valence electrons. The number of nitrogens with zero attached hydrogens (tertiary/aromatic N) is 2. The van der Waals surface area contributed by atoms with E-state index in [0.717, 1.165) is 25.0 Å². The molecule has 0 saturated heterocycles. The molecule has 0 aliphatic heterocycles. The van der Waals surface area contributed by atoms with Crippen LogP contribution < -0.4 is 10.9 Å². The molecule has 2 aromatic heterocycles. The quantitative estimate of drug-likeness (QED) is 0.702. The van der Waals surface area contributed by atoms with Gasteiger partial charge < -0.3 is 0 Å². The Morgan fingerprint density at radius 1 is 1.12 bits per heavy atom. The number of carbonyl (C=O) groups is 1. The van der Waals surface area contributed by atoms with E-state index in [1.807, 2.05) is 0 Å². The fraction of sp³-hybridized carbons (Fsp3) is 0.294. The minimum Gasteiger partial charge on any atom is -0.296 e. The van der Waals surface area contributed by atoms with Crippen LogP contribution in [0.3, 0.4) is 0 Å². The molecule has 1 aliphatic rings. The van der Waals surface area contributed by atoms with Crippen LogP contribution in [0.5, 0.6) is 0 Å². The third-order valence-corrected chi connectivity index (χ3v) is 5.30. The fourth-order valence-electron chi connectivity index (χ4n) is 3.03. The van der Waals surface area contributed by atoms with Gasteiger partial charge in [-0.3, -0.25) is 14.9 Å². The lowest BCUT2D eigenvalue weighted by atomic mass is 10.1. The first-order valence-corrected chi connectivity index (χ1v) is 8.81. The topological polar surface area (TPSA) is 87.7 Å². The van der Waals surface area contributed by atoms with Gasteiger partial charge in [0, 0.05) is 10.3 Å². The zero-order valence-corrected chi connectivity index (χ0v) is 13.8. The number of carbonyl (C=O) groups excluding carboxylic acids is 1. The maximum atomic E-state index is 12.6. The second-order valence-corrected chi connectivity index (χ2v) is 6.93. The normalized spacial score (nSPS) is 14.2. The molecule has 6 nitrogen and oxygen atoms in total. The van der Waals surface area contributed by atoms with Crippen molar-refractivity contribution >= 4 is 33.1 Å². The monoisotopic (exact) mass is 340 g/mol. The number of nitrogens with one attached hydrogen (secondary N) is 2. The summed E-state index contributed by atoms with van der Waals surface area (Å²) in [7, 11) is 0. The van der Waals surface area contributed by atoms with Gasteiger partial charge in [-0.05, 0) is 31.7 Å². The van der Waals surface area contributed by atoms with Gasteiger partial charge in [-0.1, -0.05) is 24.6 Å². The van der Waals surface area contributed by atoms with Gasteiger partial charge in [0.15, 0.2) is 10.8 Å². The molecule has 2 heterocycles. The maximum Gasteiger partial charge on any atom is 0.278 e. The Bertz CT molecular complexity index is 953. The minimum atomic E-state index is -0.355. The molecule has 4 rings (SSSR count). The molecule has 1 aliphatic carbocycles. The van der Waals surface area contributed by atoms with E-state index >= 15 is 0 Å². The summed E-state index contributed by atoms with van der Waals surface area (Å²) in [5.41, 5.74) is 1.01. The maximum absolute atomic E-state index is 12.6. The molecular formula is C17H16N4O2S. The number of hydrogen-bond acceptors (Lipinski definition) is 5. The van der Waals surface area contributed by atoms with Crippen LogP contribution in [0.2, 0.25) is 0 Å². The summed E-state index contributed by atoms with van der Waals surface area (Å²) in [6.07, 6.45) is 5.56. The third-order valence-electron chi connectivity index (χ3n) is 4.23. The largest absolute Gasteiger partial charge is 0.296 e. The number of fused-ring (bicyclic) bond motifs is 2. The highest BCUT2D eigenvalue weighted by Crippen LogP contribution is 2.29. The second kappa shape index (κ2) is 6.16. The van der Waals surface area contributed by atoms with Gasteiger partial charge >= 0.3 is 0 Å². The molecule has 0 bridgehead atoms. The number of hydrogen-bond donors (Lipinski definition) is 2. The molecule has 0 atom stereocenters. The number of aromatic amines is 1. The molecule has 3 aromatic rings. The minimum absolute atomic E-state index is 0.204. The van der Waals surface area contributed by atoms with Crippen molar-refractivity contribution in [3.05, 3.63) is 50.9 Å². The lowest BCUT2D eigenvalue weighted by Gasteiger charge is -2.04. The van der Waals surface area contributed by atoms with Crippen LogP contribution in [0.1, 0.15) is 40.3 Å². The Kier molecular flexibility index (Phi) is 3.86. The number of amides is 1. The first-order valence-electron chi connectivity index (χ1n) is 8.00. The molecule has 0 unspecified atom stereocenters. The molecule has 1 aromatic carbocycles. The van der Waals surface area contributed by atoms with Crippen molar-refractivity contribution in [2.24, 2.45) is 0 Å². The van der Waals surface area contributed by atoms with E-state index in [2.05, 4.69) is 20.5 Å². The average molecular weight is 340 g/mol. The molecule has 0 radical (unpaired) electrons. The van der Waals surface area contributed by atoms with Gasteiger partial charge in [0.2, 0.25) is 0 Å². The van der Waals surface area contributed by atoms with Gasteiger partial charge in [-0.2, -0.15) is 5.10 Å². The van der Waals surface area contributed by atoms with Crippen LogP contribution in [0.25, 0.3) is 10.8 Å². The van der Waals surface area contributed by atoms with E-state index in [1.54, 1.807) is 24.3 Å². The molecule has 2 N–H and O–H groups in total. The zero-order valence-electron chi connectivity index (χ0n) is 13.0. The molecule has 7 heteroatoms. The first-order chi connectivity index (χ1) is 11.7. The molecule has 1 amide bonds. The van der Waals surface area contributed by atoms with Crippen molar-refractivity contribution < 1.29 is 4.79 Å².